The zero-order valence-corrected chi connectivity index (χ0v) is 13.2. The first-order chi connectivity index (χ1) is 10.6. The lowest BCUT2D eigenvalue weighted by Gasteiger charge is -2.23. The average molecular weight is 323 g/mol. The predicted octanol–water partition coefficient (Wildman–Crippen LogP) is 2.89. The highest BCUT2D eigenvalue weighted by Crippen LogP contribution is 2.33. The number of halogens is 1. The van der Waals surface area contributed by atoms with Gasteiger partial charge in [0.1, 0.15) is 6.04 Å². The molecule has 3 amide bonds. The molecule has 1 N–H and O–H groups in total. The molecule has 1 aromatic rings. The molecule has 1 unspecified atom stereocenters. The van der Waals surface area contributed by atoms with Crippen molar-refractivity contribution in [3.8, 4) is 0 Å². The summed E-state index contributed by atoms with van der Waals surface area (Å²) in [4.78, 5) is 26.1. The summed E-state index contributed by atoms with van der Waals surface area (Å²) in [6, 6.07) is 4.48. The monoisotopic (exact) mass is 322 g/mol. The summed E-state index contributed by atoms with van der Waals surface area (Å²) in [5.41, 5.74) is 1.30. The van der Waals surface area contributed by atoms with Crippen LogP contribution in [0.25, 0.3) is 0 Å². The van der Waals surface area contributed by atoms with Crippen LogP contribution in [0.2, 0.25) is 5.02 Å². The van der Waals surface area contributed by atoms with Crippen molar-refractivity contribution in [3.05, 3.63) is 28.8 Å². The number of nitrogens with one attached hydrogen (secondary N) is 1. The molecule has 1 atom stereocenters. The zero-order valence-electron chi connectivity index (χ0n) is 12.5. The summed E-state index contributed by atoms with van der Waals surface area (Å²) in [6.07, 6.45) is 2.53. The topological polar surface area (TPSA) is 58.6 Å². The number of hydrogen-bond donors (Lipinski definition) is 1. The van der Waals surface area contributed by atoms with Crippen molar-refractivity contribution in [1.29, 1.82) is 0 Å². The number of amides is 3. The maximum atomic E-state index is 12.6. The molecule has 5 nitrogen and oxygen atoms in total. The minimum absolute atomic E-state index is 0.215. The molecule has 0 radical (unpaired) electrons. The van der Waals surface area contributed by atoms with Crippen molar-refractivity contribution < 1.29 is 14.3 Å². The summed E-state index contributed by atoms with van der Waals surface area (Å²) < 4.78 is 5.33. The predicted molar refractivity (Wildman–Crippen MR) is 84.2 cm³/mol. The number of para-hydroxylation sites is 1. The van der Waals surface area contributed by atoms with Crippen LogP contribution in [0, 0.1) is 12.8 Å². The lowest BCUT2D eigenvalue weighted by atomic mass is 9.92. The fraction of sp³-hybridized carbons (Fsp3) is 0.500. The van der Waals surface area contributed by atoms with Crippen LogP contribution in [0.1, 0.15) is 24.8 Å². The summed E-state index contributed by atoms with van der Waals surface area (Å²) >= 11 is 6.19. The number of hydrogen-bond acceptors (Lipinski definition) is 3. The Labute approximate surface area is 134 Å². The minimum atomic E-state index is -0.466. The van der Waals surface area contributed by atoms with E-state index in [-0.39, 0.29) is 5.91 Å². The molecule has 0 bridgehead atoms. The van der Waals surface area contributed by atoms with E-state index in [4.69, 9.17) is 16.3 Å². The fourth-order valence-corrected chi connectivity index (χ4v) is 3.43. The van der Waals surface area contributed by atoms with Crippen LogP contribution < -0.4 is 10.2 Å². The highest BCUT2D eigenvalue weighted by molar-refractivity contribution is 6.36. The first-order valence-electron chi connectivity index (χ1n) is 7.55. The second-order valence-electron chi connectivity index (χ2n) is 5.87. The zero-order chi connectivity index (χ0) is 15.7. The molecule has 0 saturated carbocycles. The lowest BCUT2D eigenvalue weighted by Crippen LogP contribution is -2.34. The van der Waals surface area contributed by atoms with Gasteiger partial charge in [0.05, 0.1) is 10.7 Å². The van der Waals surface area contributed by atoms with Gasteiger partial charge in [0.25, 0.3) is 5.91 Å². The van der Waals surface area contributed by atoms with Crippen molar-refractivity contribution >= 4 is 29.2 Å². The number of carbonyl (C=O) groups excluding carboxylic acids is 2. The Balaban J connectivity index is 1.79. The molecular weight excluding hydrogens is 304 g/mol. The number of urea groups is 1. The van der Waals surface area contributed by atoms with E-state index in [1.54, 1.807) is 12.1 Å². The third-order valence-corrected chi connectivity index (χ3v) is 4.65. The normalized spacial score (nSPS) is 23.0. The molecule has 2 fully saturated rings. The van der Waals surface area contributed by atoms with Gasteiger partial charge in [0.15, 0.2) is 0 Å². The van der Waals surface area contributed by atoms with Crippen LogP contribution in [0.3, 0.4) is 0 Å². The summed E-state index contributed by atoms with van der Waals surface area (Å²) in [5.74, 6) is 0.197. The molecule has 118 valence electrons. The van der Waals surface area contributed by atoms with Crippen LogP contribution in [0.4, 0.5) is 10.5 Å². The number of ether oxygens (including phenoxy) is 1. The lowest BCUT2D eigenvalue weighted by molar-refractivity contribution is -0.118. The number of anilines is 1. The van der Waals surface area contributed by atoms with E-state index in [1.807, 2.05) is 13.0 Å². The summed E-state index contributed by atoms with van der Waals surface area (Å²) in [5, 5.41) is 3.20. The number of aryl methyl sites for hydroxylation is 1. The van der Waals surface area contributed by atoms with Crippen molar-refractivity contribution in [2.45, 2.75) is 32.2 Å². The molecule has 1 aromatic carbocycles. The third kappa shape index (κ3) is 2.83. The Kier molecular flexibility index (Phi) is 4.36. The molecule has 22 heavy (non-hydrogen) atoms. The minimum Gasteiger partial charge on any atom is -0.381 e. The summed E-state index contributed by atoms with van der Waals surface area (Å²) in [6.45, 7) is 3.30. The Morgan fingerprint density at radius 3 is 2.73 bits per heavy atom. The van der Waals surface area contributed by atoms with Crippen LogP contribution in [0.15, 0.2) is 18.2 Å². The Hall–Kier alpha value is -1.59. The molecular formula is C16H19ClN2O3. The molecule has 0 aliphatic carbocycles. The smallest absolute Gasteiger partial charge is 0.329 e. The first-order valence-corrected chi connectivity index (χ1v) is 7.93. The largest absolute Gasteiger partial charge is 0.381 e. The van der Waals surface area contributed by atoms with Gasteiger partial charge in [-0.15, -0.1) is 0 Å². The van der Waals surface area contributed by atoms with Gasteiger partial charge in [-0.1, -0.05) is 23.7 Å². The molecule has 2 saturated heterocycles. The first kappa shape index (κ1) is 15.3. The molecule has 0 spiro atoms. The van der Waals surface area contributed by atoms with E-state index < -0.39 is 12.1 Å². The van der Waals surface area contributed by atoms with Gasteiger partial charge in [-0.25, -0.2) is 9.69 Å². The van der Waals surface area contributed by atoms with Gasteiger partial charge >= 0.3 is 6.03 Å². The standard InChI is InChI=1S/C16H19ClN2O3/c1-10-3-2-4-12(17)14(10)19-15(20)13(18-16(19)21)9-11-5-7-22-8-6-11/h2-4,11,13H,5-9H2,1H3,(H,18,21). The van der Waals surface area contributed by atoms with Crippen molar-refractivity contribution in [1.82, 2.24) is 5.32 Å². The van der Waals surface area contributed by atoms with Gasteiger partial charge in [-0.3, -0.25) is 4.79 Å². The second kappa shape index (κ2) is 6.26. The van der Waals surface area contributed by atoms with E-state index in [2.05, 4.69) is 5.32 Å². The van der Waals surface area contributed by atoms with Crippen molar-refractivity contribution in [2.75, 3.05) is 18.1 Å². The number of nitrogens with zero attached hydrogens (tertiary/aromatic N) is 1. The number of benzene rings is 1. The molecule has 2 heterocycles. The number of rotatable bonds is 3. The molecule has 6 heteroatoms. The van der Waals surface area contributed by atoms with E-state index in [1.165, 1.54) is 4.90 Å². The molecule has 2 aliphatic rings. The van der Waals surface area contributed by atoms with E-state index in [0.29, 0.717) is 23.0 Å². The SMILES string of the molecule is Cc1cccc(Cl)c1N1C(=O)NC(CC2CCOCC2)C1=O. The number of carbonyl (C=O) groups is 2. The van der Waals surface area contributed by atoms with Gasteiger partial charge in [-0.05, 0) is 43.7 Å². The summed E-state index contributed by atoms with van der Waals surface area (Å²) in [7, 11) is 0. The van der Waals surface area contributed by atoms with Crippen LogP contribution in [0.5, 0.6) is 0 Å². The quantitative estimate of drug-likeness (QED) is 0.870. The van der Waals surface area contributed by atoms with Crippen LogP contribution >= 0.6 is 11.6 Å². The van der Waals surface area contributed by atoms with E-state index >= 15 is 0 Å². The van der Waals surface area contributed by atoms with Crippen LogP contribution in [-0.4, -0.2) is 31.2 Å². The Bertz CT molecular complexity index is 579. The van der Waals surface area contributed by atoms with Gasteiger partial charge in [0, 0.05) is 13.2 Å². The average Bonchev–Trinajstić information content (AvgIpc) is 2.76. The maximum Gasteiger partial charge on any atom is 0.329 e. The Morgan fingerprint density at radius 2 is 2.05 bits per heavy atom. The fourth-order valence-electron chi connectivity index (χ4n) is 3.12. The van der Waals surface area contributed by atoms with Crippen molar-refractivity contribution in [2.24, 2.45) is 5.92 Å². The molecule has 3 rings (SSSR count). The van der Waals surface area contributed by atoms with Crippen molar-refractivity contribution in [3.63, 3.8) is 0 Å². The van der Waals surface area contributed by atoms with Crippen LogP contribution in [-0.2, 0) is 9.53 Å². The third-order valence-electron chi connectivity index (χ3n) is 4.34. The van der Waals surface area contributed by atoms with Gasteiger partial charge in [0.2, 0.25) is 0 Å². The highest BCUT2D eigenvalue weighted by Gasteiger charge is 2.41. The highest BCUT2D eigenvalue weighted by atomic mass is 35.5. The number of imide groups is 1. The van der Waals surface area contributed by atoms with E-state index in [9.17, 15) is 9.59 Å². The molecule has 2 aliphatic heterocycles. The van der Waals surface area contributed by atoms with Gasteiger partial charge in [-0.2, -0.15) is 0 Å². The maximum absolute atomic E-state index is 12.6. The van der Waals surface area contributed by atoms with E-state index in [0.717, 1.165) is 31.6 Å². The molecule has 0 aromatic heterocycles. The van der Waals surface area contributed by atoms with Gasteiger partial charge < -0.3 is 10.1 Å². The second-order valence-corrected chi connectivity index (χ2v) is 6.28. The Morgan fingerprint density at radius 1 is 1.32 bits per heavy atom.